The molecule has 43 heavy (non-hydrogen) atoms. The van der Waals surface area contributed by atoms with Crippen molar-refractivity contribution in [2.45, 2.75) is 114 Å². The Balaban J connectivity index is 1.58. The molecular formula is C29H50N4O10. The predicted molar refractivity (Wildman–Crippen MR) is 153 cm³/mol. The Kier molecular flexibility index (Phi) is 10.0. The number of nitrogens with two attached hydrogens (primary N) is 1. The number of esters is 1. The van der Waals surface area contributed by atoms with E-state index in [0.717, 1.165) is 0 Å². The molecule has 7 atom stereocenters. The highest BCUT2D eigenvalue weighted by Crippen LogP contribution is 2.41. The molecule has 4 rings (SSSR count). The molecule has 14 nitrogen and oxygen atoms in total. The second kappa shape index (κ2) is 12.7. The Morgan fingerprint density at radius 1 is 1.12 bits per heavy atom. The Bertz CT molecular complexity index is 1040. The van der Waals surface area contributed by atoms with Crippen LogP contribution in [0.1, 0.15) is 60.8 Å². The molecule has 4 aliphatic heterocycles. The molecule has 0 aromatic heterocycles. The maximum absolute atomic E-state index is 13.5. The summed E-state index contributed by atoms with van der Waals surface area (Å²) in [7, 11) is 1.28. The first-order valence-electron chi connectivity index (χ1n) is 15.1. The van der Waals surface area contributed by atoms with Gasteiger partial charge in [-0.05, 0) is 41.0 Å². The average Bonchev–Trinajstić information content (AvgIpc) is 3.48. The molecule has 0 bridgehead atoms. The quantitative estimate of drug-likeness (QED) is 0.332. The fraction of sp³-hybridized carbons (Fsp3) is 0.897. The number of carbonyl (C=O) groups is 3. The van der Waals surface area contributed by atoms with E-state index in [1.165, 1.54) is 14.0 Å². The van der Waals surface area contributed by atoms with Gasteiger partial charge in [0.25, 0.3) is 0 Å². The first kappa shape index (κ1) is 33.8. The van der Waals surface area contributed by atoms with Gasteiger partial charge in [-0.25, -0.2) is 9.59 Å². The van der Waals surface area contributed by atoms with Gasteiger partial charge in [-0.3, -0.25) is 9.69 Å². The molecule has 4 N–H and O–H groups in total. The molecule has 0 aliphatic carbocycles. The molecule has 0 radical (unpaired) electrons. The van der Waals surface area contributed by atoms with E-state index in [2.05, 4.69) is 10.2 Å². The normalized spacial score (nSPS) is 36.5. The van der Waals surface area contributed by atoms with E-state index in [1.54, 1.807) is 18.7 Å². The number of hydrogen-bond acceptors (Lipinski definition) is 12. The first-order chi connectivity index (χ1) is 20.0. The number of likely N-dealkylation sites (tertiary alicyclic amines) is 1. The van der Waals surface area contributed by atoms with Crippen molar-refractivity contribution in [2.24, 2.45) is 5.73 Å². The molecule has 4 aliphatic rings. The number of rotatable bonds is 7. The Hall–Kier alpha value is -2.07. The molecule has 1 unspecified atom stereocenters. The second-order valence-electron chi connectivity index (χ2n) is 13.6. The summed E-state index contributed by atoms with van der Waals surface area (Å²) in [5.74, 6) is -1.99. The highest BCUT2D eigenvalue weighted by atomic mass is 16.8. The van der Waals surface area contributed by atoms with Crippen molar-refractivity contribution in [1.82, 2.24) is 15.1 Å². The SMILES string of the molecule is COC(=O)[C@@]1(CCN2CCOCC23CCN(C(=O)OC(C)(C)C)C3)C[C@H](O)[C@@H](NC(C)=O)[C@H]([C@@H]2OC(C)(C)O[C@@H]2CN)O1. The lowest BCUT2D eigenvalue weighted by Crippen LogP contribution is -2.68. The maximum Gasteiger partial charge on any atom is 0.410 e. The number of ether oxygens (including phenoxy) is 6. The second-order valence-corrected chi connectivity index (χ2v) is 13.6. The topological polar surface area (TPSA) is 171 Å². The van der Waals surface area contributed by atoms with Crippen LogP contribution >= 0.6 is 0 Å². The lowest BCUT2D eigenvalue weighted by molar-refractivity contribution is -0.234. The van der Waals surface area contributed by atoms with E-state index in [4.69, 9.17) is 34.2 Å². The summed E-state index contributed by atoms with van der Waals surface area (Å²) in [6.07, 6.45) is -3.11. The highest BCUT2D eigenvalue weighted by Gasteiger charge is 2.58. The Morgan fingerprint density at radius 3 is 2.47 bits per heavy atom. The molecule has 1 spiro atoms. The summed E-state index contributed by atoms with van der Waals surface area (Å²) in [6, 6.07) is -0.876. The van der Waals surface area contributed by atoms with E-state index < -0.39 is 59.0 Å². The fourth-order valence-corrected chi connectivity index (χ4v) is 6.80. The van der Waals surface area contributed by atoms with Crippen molar-refractivity contribution in [1.29, 1.82) is 0 Å². The number of carbonyl (C=O) groups excluding carboxylic acids is 3. The van der Waals surface area contributed by atoms with Crippen LogP contribution in [0.15, 0.2) is 0 Å². The van der Waals surface area contributed by atoms with Gasteiger partial charge in [-0.2, -0.15) is 0 Å². The molecule has 4 heterocycles. The monoisotopic (exact) mass is 614 g/mol. The van der Waals surface area contributed by atoms with Gasteiger partial charge >= 0.3 is 12.1 Å². The number of amides is 2. The lowest BCUT2D eigenvalue weighted by atomic mass is 9.81. The van der Waals surface area contributed by atoms with Crippen LogP contribution in [-0.2, 0) is 38.0 Å². The molecule has 0 saturated carbocycles. The van der Waals surface area contributed by atoms with Crippen LogP contribution in [0.25, 0.3) is 0 Å². The number of nitrogens with zero attached hydrogens (tertiary/aromatic N) is 2. The number of morpholine rings is 1. The fourth-order valence-electron chi connectivity index (χ4n) is 6.80. The smallest absolute Gasteiger partial charge is 0.410 e. The molecule has 4 fully saturated rings. The third-order valence-corrected chi connectivity index (χ3v) is 8.69. The van der Waals surface area contributed by atoms with Crippen molar-refractivity contribution in [2.75, 3.05) is 53.0 Å². The van der Waals surface area contributed by atoms with Gasteiger partial charge in [0.05, 0.1) is 38.0 Å². The zero-order valence-corrected chi connectivity index (χ0v) is 26.6. The van der Waals surface area contributed by atoms with Crippen LogP contribution in [0.2, 0.25) is 0 Å². The van der Waals surface area contributed by atoms with Crippen molar-refractivity contribution in [3.8, 4) is 0 Å². The van der Waals surface area contributed by atoms with Crippen molar-refractivity contribution < 1.29 is 47.9 Å². The molecular weight excluding hydrogens is 564 g/mol. The number of methoxy groups -OCH3 is 1. The molecule has 4 saturated heterocycles. The van der Waals surface area contributed by atoms with Crippen LogP contribution in [0.5, 0.6) is 0 Å². The molecule has 2 amide bonds. The van der Waals surface area contributed by atoms with Gasteiger partial charge in [0.1, 0.15) is 23.9 Å². The van der Waals surface area contributed by atoms with E-state index in [1.807, 2.05) is 20.8 Å². The number of aliphatic hydroxyl groups excluding tert-OH is 1. The van der Waals surface area contributed by atoms with Gasteiger partial charge < -0.3 is 49.5 Å². The van der Waals surface area contributed by atoms with Crippen molar-refractivity contribution in [3.05, 3.63) is 0 Å². The molecule has 0 aromatic carbocycles. The van der Waals surface area contributed by atoms with Gasteiger partial charge in [0.2, 0.25) is 5.91 Å². The number of hydrogen-bond donors (Lipinski definition) is 3. The average molecular weight is 615 g/mol. The molecule has 14 heteroatoms. The van der Waals surface area contributed by atoms with Gasteiger partial charge in [0.15, 0.2) is 11.4 Å². The minimum atomic E-state index is -1.55. The standard InChI is InChI=1S/C29H50N4O10/c1-18(34)31-21-19(35)14-29(24(36)38-7,42-23(21)22-20(15-30)40-27(5,6)41-22)9-11-33-12-13-39-17-28(33)8-10-32(16-28)25(37)43-26(2,3)4/h19-23,35H,8-17,30H2,1-7H3,(H,31,34)/t19-,20+,21+,22+,23+,28?,29+/m0/s1. The summed E-state index contributed by atoms with van der Waals surface area (Å²) < 4.78 is 35.5. The minimum absolute atomic E-state index is 0.104. The van der Waals surface area contributed by atoms with E-state index >= 15 is 0 Å². The van der Waals surface area contributed by atoms with Crippen LogP contribution < -0.4 is 11.1 Å². The summed E-state index contributed by atoms with van der Waals surface area (Å²) in [6.45, 7) is 13.3. The number of aliphatic hydroxyl groups is 1. The van der Waals surface area contributed by atoms with Crippen LogP contribution in [-0.4, -0.2) is 139 Å². The highest BCUT2D eigenvalue weighted by molar-refractivity contribution is 5.80. The summed E-state index contributed by atoms with van der Waals surface area (Å²) in [5, 5.41) is 14.2. The first-order valence-corrected chi connectivity index (χ1v) is 15.1. The van der Waals surface area contributed by atoms with Gasteiger partial charge in [0, 0.05) is 52.5 Å². The van der Waals surface area contributed by atoms with Gasteiger partial charge in [-0.15, -0.1) is 0 Å². The predicted octanol–water partition coefficient (Wildman–Crippen LogP) is 0.133. The Morgan fingerprint density at radius 2 is 1.84 bits per heavy atom. The summed E-state index contributed by atoms with van der Waals surface area (Å²) >= 11 is 0. The van der Waals surface area contributed by atoms with Crippen molar-refractivity contribution in [3.63, 3.8) is 0 Å². The van der Waals surface area contributed by atoms with Crippen LogP contribution in [0.4, 0.5) is 4.79 Å². The third kappa shape index (κ3) is 7.43. The summed E-state index contributed by atoms with van der Waals surface area (Å²) in [5.41, 5.74) is 3.39. The Labute approximate surface area is 253 Å². The van der Waals surface area contributed by atoms with Crippen molar-refractivity contribution >= 4 is 18.0 Å². The van der Waals surface area contributed by atoms with E-state index in [0.29, 0.717) is 45.8 Å². The maximum atomic E-state index is 13.5. The number of nitrogens with one attached hydrogen (secondary N) is 1. The zero-order valence-electron chi connectivity index (χ0n) is 26.6. The van der Waals surface area contributed by atoms with Crippen LogP contribution in [0, 0.1) is 0 Å². The van der Waals surface area contributed by atoms with E-state index in [9.17, 15) is 19.5 Å². The van der Waals surface area contributed by atoms with Crippen LogP contribution in [0.3, 0.4) is 0 Å². The van der Waals surface area contributed by atoms with E-state index in [-0.39, 0.29) is 31.4 Å². The van der Waals surface area contributed by atoms with Gasteiger partial charge in [-0.1, -0.05) is 0 Å². The molecule has 0 aromatic rings. The largest absolute Gasteiger partial charge is 0.467 e. The zero-order chi connectivity index (χ0) is 31.8. The third-order valence-electron chi connectivity index (χ3n) is 8.69. The lowest BCUT2D eigenvalue weighted by Gasteiger charge is -2.49. The summed E-state index contributed by atoms with van der Waals surface area (Å²) in [4.78, 5) is 42.4. The molecule has 246 valence electrons. The minimum Gasteiger partial charge on any atom is -0.467 e.